The molecule has 0 aliphatic carbocycles. The second-order valence-electron chi connectivity index (χ2n) is 6.61. The summed E-state index contributed by atoms with van der Waals surface area (Å²) in [4.78, 5) is 12.0. The number of hydrazone groups is 1. The average molecular weight is 463 g/mol. The van der Waals surface area contributed by atoms with Gasteiger partial charge in [-0.25, -0.2) is 5.43 Å². The van der Waals surface area contributed by atoms with Crippen molar-refractivity contribution in [1.29, 1.82) is 0 Å². The number of halogens is 1. The van der Waals surface area contributed by atoms with Crippen LogP contribution in [0.4, 0.5) is 0 Å². The Hall–Kier alpha value is -2.42. The number of hydrogen-bond acceptors (Lipinski definition) is 6. The number of carbonyl (C=O) groups is 1. The number of benzene rings is 2. The topological polar surface area (TPSA) is 78.4 Å². The van der Waals surface area contributed by atoms with Crippen molar-refractivity contribution in [2.75, 3.05) is 20.3 Å². The molecule has 0 bridgehead atoms. The van der Waals surface area contributed by atoms with Crippen molar-refractivity contribution >= 4 is 28.1 Å². The summed E-state index contributed by atoms with van der Waals surface area (Å²) < 4.78 is 22.9. The van der Waals surface area contributed by atoms with Gasteiger partial charge in [-0.05, 0) is 46.1 Å². The molecule has 7 nitrogen and oxygen atoms in total. The highest BCUT2D eigenvalue weighted by Gasteiger charge is 2.33. The van der Waals surface area contributed by atoms with Crippen LogP contribution in [0.5, 0.6) is 11.5 Å². The number of amides is 1. The van der Waals surface area contributed by atoms with E-state index >= 15 is 0 Å². The molecule has 1 amide bonds. The number of carbonyl (C=O) groups excluding carboxylic acids is 1. The summed E-state index contributed by atoms with van der Waals surface area (Å²) in [5, 5.41) is 4.00. The summed E-state index contributed by atoms with van der Waals surface area (Å²) in [6, 6.07) is 13.5. The largest absolute Gasteiger partial charge is 0.493 e. The molecule has 0 atom stereocenters. The Morgan fingerprint density at radius 1 is 1.28 bits per heavy atom. The van der Waals surface area contributed by atoms with Crippen LogP contribution >= 0.6 is 15.9 Å². The molecule has 3 rings (SSSR count). The Morgan fingerprint density at radius 3 is 2.69 bits per heavy atom. The third kappa shape index (κ3) is 6.03. The van der Waals surface area contributed by atoms with Gasteiger partial charge in [0.2, 0.25) is 5.91 Å². The molecular formula is C21H23BrN2O5. The number of methoxy groups -OCH3 is 1. The highest BCUT2D eigenvalue weighted by molar-refractivity contribution is 9.10. The standard InChI is InChI=1S/C21H23BrN2O5/c1-21(28-8-9-29-21)12-19(25)24-23-13-16-10-17(22)20(18(11-16)26-2)27-14-15-6-4-3-5-7-15/h3-7,10-11,13H,8-9,12,14H2,1-2H3,(H,24,25). The first-order chi connectivity index (χ1) is 14.0. The van der Waals surface area contributed by atoms with Gasteiger partial charge >= 0.3 is 0 Å². The van der Waals surface area contributed by atoms with Gasteiger partial charge in [0.25, 0.3) is 0 Å². The second-order valence-corrected chi connectivity index (χ2v) is 7.46. The number of ether oxygens (including phenoxy) is 4. The fourth-order valence-electron chi connectivity index (χ4n) is 2.85. The molecule has 0 radical (unpaired) electrons. The summed E-state index contributed by atoms with van der Waals surface area (Å²) in [7, 11) is 1.57. The molecule has 2 aromatic carbocycles. The Kier molecular flexibility index (Phi) is 7.24. The van der Waals surface area contributed by atoms with Gasteiger partial charge in [0, 0.05) is 0 Å². The highest BCUT2D eigenvalue weighted by Crippen LogP contribution is 2.36. The zero-order valence-corrected chi connectivity index (χ0v) is 17.9. The monoisotopic (exact) mass is 462 g/mol. The minimum atomic E-state index is -0.885. The van der Waals surface area contributed by atoms with Gasteiger partial charge in [-0.1, -0.05) is 30.3 Å². The van der Waals surface area contributed by atoms with E-state index in [1.54, 1.807) is 20.1 Å². The quantitative estimate of drug-likeness (QED) is 0.478. The summed E-state index contributed by atoms with van der Waals surface area (Å²) in [6.07, 6.45) is 1.61. The molecular weight excluding hydrogens is 440 g/mol. The molecule has 1 saturated heterocycles. The number of nitrogens with one attached hydrogen (secondary N) is 1. The molecule has 1 aliphatic rings. The lowest BCUT2D eigenvalue weighted by Gasteiger charge is -2.20. The van der Waals surface area contributed by atoms with E-state index in [1.807, 2.05) is 36.4 Å². The van der Waals surface area contributed by atoms with Crippen molar-refractivity contribution < 1.29 is 23.7 Å². The third-order valence-electron chi connectivity index (χ3n) is 4.26. The summed E-state index contributed by atoms with van der Waals surface area (Å²) >= 11 is 3.51. The Bertz CT molecular complexity index is 867. The Morgan fingerprint density at radius 2 is 2.00 bits per heavy atom. The van der Waals surface area contributed by atoms with Crippen LogP contribution in [-0.2, 0) is 20.9 Å². The molecule has 0 unspecified atom stereocenters. The molecule has 1 aliphatic heterocycles. The van der Waals surface area contributed by atoms with Crippen LogP contribution in [0.25, 0.3) is 0 Å². The van der Waals surface area contributed by atoms with E-state index in [0.29, 0.717) is 31.3 Å². The van der Waals surface area contributed by atoms with Crippen LogP contribution < -0.4 is 14.9 Å². The minimum absolute atomic E-state index is 0.0730. The van der Waals surface area contributed by atoms with Crippen LogP contribution in [-0.4, -0.2) is 38.2 Å². The van der Waals surface area contributed by atoms with Crippen molar-refractivity contribution in [2.24, 2.45) is 5.10 Å². The second kappa shape index (κ2) is 9.87. The molecule has 154 valence electrons. The van der Waals surface area contributed by atoms with Crippen molar-refractivity contribution in [1.82, 2.24) is 5.43 Å². The highest BCUT2D eigenvalue weighted by atomic mass is 79.9. The number of rotatable bonds is 8. The average Bonchev–Trinajstić information content (AvgIpc) is 3.13. The van der Waals surface area contributed by atoms with Crippen molar-refractivity contribution in [3.8, 4) is 11.5 Å². The van der Waals surface area contributed by atoms with Crippen molar-refractivity contribution in [3.63, 3.8) is 0 Å². The fourth-order valence-corrected chi connectivity index (χ4v) is 3.43. The van der Waals surface area contributed by atoms with Crippen LogP contribution in [0.2, 0.25) is 0 Å². The van der Waals surface area contributed by atoms with E-state index in [2.05, 4.69) is 26.5 Å². The normalized spacial score (nSPS) is 15.4. The van der Waals surface area contributed by atoms with Crippen LogP contribution in [0.3, 0.4) is 0 Å². The lowest BCUT2D eigenvalue weighted by atomic mass is 10.2. The van der Waals surface area contributed by atoms with E-state index < -0.39 is 5.79 Å². The maximum atomic E-state index is 12.0. The van der Waals surface area contributed by atoms with Gasteiger partial charge < -0.3 is 18.9 Å². The van der Waals surface area contributed by atoms with Gasteiger partial charge in [-0.3, -0.25) is 4.79 Å². The molecule has 0 saturated carbocycles. The van der Waals surface area contributed by atoms with Crippen molar-refractivity contribution in [3.05, 3.63) is 58.1 Å². The minimum Gasteiger partial charge on any atom is -0.493 e. The van der Waals surface area contributed by atoms with E-state index in [-0.39, 0.29) is 12.3 Å². The van der Waals surface area contributed by atoms with Gasteiger partial charge in [-0.2, -0.15) is 5.10 Å². The maximum Gasteiger partial charge on any atom is 0.245 e. The maximum absolute atomic E-state index is 12.0. The SMILES string of the molecule is COc1cc(C=NNC(=O)CC2(C)OCCO2)cc(Br)c1OCc1ccccc1. The summed E-state index contributed by atoms with van der Waals surface area (Å²) in [5.74, 6) is -0.0207. The van der Waals surface area contributed by atoms with Crippen LogP contribution in [0, 0.1) is 0 Å². The predicted octanol–water partition coefficient (Wildman–Crippen LogP) is 3.64. The number of hydrogen-bond donors (Lipinski definition) is 1. The van der Waals surface area contributed by atoms with Gasteiger partial charge in [0.15, 0.2) is 17.3 Å². The smallest absolute Gasteiger partial charge is 0.245 e. The molecule has 1 fully saturated rings. The summed E-state index contributed by atoms with van der Waals surface area (Å²) in [6.45, 7) is 3.13. The Balaban J connectivity index is 1.61. The third-order valence-corrected chi connectivity index (χ3v) is 4.85. The molecule has 2 aromatic rings. The molecule has 8 heteroatoms. The van der Waals surface area contributed by atoms with Gasteiger partial charge in [0.05, 0.1) is 37.4 Å². The van der Waals surface area contributed by atoms with Crippen LogP contribution in [0.15, 0.2) is 52.0 Å². The van der Waals surface area contributed by atoms with E-state index in [9.17, 15) is 4.79 Å². The van der Waals surface area contributed by atoms with Crippen LogP contribution in [0.1, 0.15) is 24.5 Å². The lowest BCUT2D eigenvalue weighted by Crippen LogP contribution is -2.33. The first kappa shape index (κ1) is 21.3. The predicted molar refractivity (Wildman–Crippen MR) is 112 cm³/mol. The number of nitrogens with zero attached hydrogens (tertiary/aromatic N) is 1. The molecule has 29 heavy (non-hydrogen) atoms. The van der Waals surface area contributed by atoms with E-state index in [4.69, 9.17) is 18.9 Å². The lowest BCUT2D eigenvalue weighted by molar-refractivity contribution is -0.159. The summed E-state index contributed by atoms with van der Waals surface area (Å²) in [5.41, 5.74) is 4.28. The zero-order valence-electron chi connectivity index (χ0n) is 16.3. The van der Waals surface area contributed by atoms with Gasteiger partial charge in [0.1, 0.15) is 6.61 Å². The Labute approximate surface area is 178 Å². The van der Waals surface area contributed by atoms with Crippen molar-refractivity contribution in [2.45, 2.75) is 25.7 Å². The van der Waals surface area contributed by atoms with E-state index in [0.717, 1.165) is 15.6 Å². The first-order valence-electron chi connectivity index (χ1n) is 9.13. The fraction of sp³-hybridized carbons (Fsp3) is 0.333. The van der Waals surface area contributed by atoms with E-state index in [1.165, 1.54) is 6.21 Å². The molecule has 0 aromatic heterocycles. The zero-order chi connectivity index (χ0) is 20.7. The van der Waals surface area contributed by atoms with Gasteiger partial charge in [-0.15, -0.1) is 0 Å². The molecule has 0 spiro atoms. The molecule has 1 N–H and O–H groups in total. The first-order valence-corrected chi connectivity index (χ1v) is 9.92. The molecule has 1 heterocycles.